The van der Waals surface area contributed by atoms with Crippen LogP contribution < -0.4 is 0 Å². The van der Waals surface area contributed by atoms with E-state index >= 15 is 0 Å². The molecular weight excluding hydrogens is 316 g/mol. The molecule has 0 unspecified atom stereocenters. The van der Waals surface area contributed by atoms with Gasteiger partial charge in [0.1, 0.15) is 0 Å². The predicted octanol–water partition coefficient (Wildman–Crippen LogP) is 2.61. The zero-order chi connectivity index (χ0) is 17.5. The van der Waals surface area contributed by atoms with Gasteiger partial charge in [-0.25, -0.2) is 0 Å². The molecule has 1 aliphatic rings. The van der Waals surface area contributed by atoms with Crippen LogP contribution in [0.1, 0.15) is 31.6 Å². The first-order valence-corrected chi connectivity index (χ1v) is 9.06. The van der Waals surface area contributed by atoms with Crippen LogP contribution in [0.15, 0.2) is 34.7 Å². The molecule has 2 heterocycles. The molecule has 1 aliphatic heterocycles. The van der Waals surface area contributed by atoms with Crippen LogP contribution in [-0.4, -0.2) is 59.1 Å². The van der Waals surface area contributed by atoms with E-state index in [0.29, 0.717) is 24.6 Å². The minimum absolute atomic E-state index is 0.122. The SMILES string of the molecule is CN(CCN1CCCCC1)C(=O)CCc1nnc(-c2ccccc2)o1. The molecule has 0 saturated carbocycles. The van der Waals surface area contributed by atoms with Crippen LogP contribution in [-0.2, 0) is 11.2 Å². The second kappa shape index (κ2) is 8.76. The third-order valence-corrected chi connectivity index (χ3v) is 4.67. The van der Waals surface area contributed by atoms with Crippen LogP contribution in [0, 0.1) is 0 Å². The molecule has 1 aromatic carbocycles. The number of hydrogen-bond acceptors (Lipinski definition) is 5. The van der Waals surface area contributed by atoms with Crippen LogP contribution in [0.25, 0.3) is 11.5 Å². The van der Waals surface area contributed by atoms with Crippen LogP contribution in [0.3, 0.4) is 0 Å². The quantitative estimate of drug-likeness (QED) is 0.774. The zero-order valence-electron chi connectivity index (χ0n) is 14.9. The minimum Gasteiger partial charge on any atom is -0.421 e. The Hall–Kier alpha value is -2.21. The number of likely N-dealkylation sites (tertiary alicyclic amines) is 1. The van der Waals surface area contributed by atoms with Gasteiger partial charge in [-0.2, -0.15) is 0 Å². The first-order chi connectivity index (χ1) is 12.2. The summed E-state index contributed by atoms with van der Waals surface area (Å²) in [6.45, 7) is 4.05. The maximum Gasteiger partial charge on any atom is 0.247 e. The molecule has 0 N–H and O–H groups in total. The normalized spacial score (nSPS) is 15.2. The second-order valence-corrected chi connectivity index (χ2v) is 6.58. The van der Waals surface area contributed by atoms with E-state index in [1.54, 1.807) is 0 Å². The smallest absolute Gasteiger partial charge is 0.247 e. The van der Waals surface area contributed by atoms with Gasteiger partial charge in [0, 0.05) is 38.5 Å². The molecule has 0 bridgehead atoms. The number of hydrogen-bond donors (Lipinski definition) is 0. The number of piperidine rings is 1. The fraction of sp³-hybridized carbons (Fsp3) is 0.526. The molecule has 0 spiro atoms. The fourth-order valence-corrected chi connectivity index (χ4v) is 3.06. The Morgan fingerprint density at radius 2 is 1.92 bits per heavy atom. The molecule has 1 aromatic heterocycles. The van der Waals surface area contributed by atoms with Gasteiger partial charge in [0.2, 0.25) is 17.7 Å². The largest absolute Gasteiger partial charge is 0.421 e. The maximum atomic E-state index is 12.3. The van der Waals surface area contributed by atoms with Crippen molar-refractivity contribution in [1.29, 1.82) is 0 Å². The predicted molar refractivity (Wildman–Crippen MR) is 96.0 cm³/mol. The van der Waals surface area contributed by atoms with E-state index in [4.69, 9.17) is 4.42 Å². The van der Waals surface area contributed by atoms with Crippen molar-refractivity contribution in [3.05, 3.63) is 36.2 Å². The van der Waals surface area contributed by atoms with Crippen molar-refractivity contribution >= 4 is 5.91 Å². The molecule has 25 heavy (non-hydrogen) atoms. The topological polar surface area (TPSA) is 62.5 Å². The Balaban J connectivity index is 1.43. The van der Waals surface area contributed by atoms with Gasteiger partial charge in [0.05, 0.1) is 0 Å². The third-order valence-electron chi connectivity index (χ3n) is 4.67. The van der Waals surface area contributed by atoms with Gasteiger partial charge < -0.3 is 14.2 Å². The lowest BCUT2D eigenvalue weighted by Crippen LogP contribution is -2.38. The highest BCUT2D eigenvalue weighted by atomic mass is 16.4. The summed E-state index contributed by atoms with van der Waals surface area (Å²) < 4.78 is 5.65. The Labute approximate surface area is 148 Å². The number of aryl methyl sites for hydroxylation is 1. The Bertz CT molecular complexity index is 665. The van der Waals surface area contributed by atoms with Crippen LogP contribution in [0.5, 0.6) is 0 Å². The molecule has 3 rings (SSSR count). The van der Waals surface area contributed by atoms with Gasteiger partial charge in [0.25, 0.3) is 0 Å². The van der Waals surface area contributed by atoms with Crippen molar-refractivity contribution in [2.75, 3.05) is 33.2 Å². The number of carbonyl (C=O) groups is 1. The average molecular weight is 342 g/mol. The van der Waals surface area contributed by atoms with Gasteiger partial charge in [-0.1, -0.05) is 24.6 Å². The molecule has 1 saturated heterocycles. The summed E-state index contributed by atoms with van der Waals surface area (Å²) in [6.07, 6.45) is 4.76. The van der Waals surface area contributed by atoms with Gasteiger partial charge in [-0.05, 0) is 38.1 Å². The molecule has 0 radical (unpaired) electrons. The zero-order valence-corrected chi connectivity index (χ0v) is 14.9. The summed E-state index contributed by atoms with van der Waals surface area (Å²) in [7, 11) is 1.87. The van der Waals surface area contributed by atoms with E-state index in [9.17, 15) is 4.79 Å². The van der Waals surface area contributed by atoms with Crippen molar-refractivity contribution in [2.24, 2.45) is 0 Å². The van der Waals surface area contributed by atoms with Gasteiger partial charge in [-0.15, -0.1) is 10.2 Å². The first-order valence-electron chi connectivity index (χ1n) is 9.06. The van der Waals surface area contributed by atoms with Crippen LogP contribution in [0.2, 0.25) is 0 Å². The lowest BCUT2D eigenvalue weighted by molar-refractivity contribution is -0.130. The molecule has 0 aliphatic carbocycles. The number of rotatable bonds is 7. The summed E-state index contributed by atoms with van der Waals surface area (Å²) in [5.74, 6) is 1.13. The van der Waals surface area contributed by atoms with Crippen molar-refractivity contribution < 1.29 is 9.21 Å². The van der Waals surface area contributed by atoms with E-state index < -0.39 is 0 Å². The van der Waals surface area contributed by atoms with Crippen molar-refractivity contribution in [1.82, 2.24) is 20.0 Å². The highest BCUT2D eigenvalue weighted by Gasteiger charge is 2.15. The summed E-state index contributed by atoms with van der Waals surface area (Å²) in [5, 5.41) is 8.11. The summed E-state index contributed by atoms with van der Waals surface area (Å²) in [5.41, 5.74) is 0.895. The summed E-state index contributed by atoms with van der Waals surface area (Å²) >= 11 is 0. The number of benzene rings is 1. The summed E-state index contributed by atoms with van der Waals surface area (Å²) in [4.78, 5) is 16.5. The number of nitrogens with zero attached hydrogens (tertiary/aromatic N) is 4. The molecule has 1 fully saturated rings. The van der Waals surface area contributed by atoms with Crippen molar-refractivity contribution in [3.8, 4) is 11.5 Å². The molecule has 6 nitrogen and oxygen atoms in total. The first kappa shape index (κ1) is 17.6. The second-order valence-electron chi connectivity index (χ2n) is 6.58. The fourth-order valence-electron chi connectivity index (χ4n) is 3.06. The number of amides is 1. The van der Waals surface area contributed by atoms with Crippen molar-refractivity contribution in [2.45, 2.75) is 32.1 Å². The Kier molecular flexibility index (Phi) is 6.17. The molecule has 134 valence electrons. The maximum absolute atomic E-state index is 12.3. The molecule has 0 atom stereocenters. The Morgan fingerprint density at radius 1 is 1.16 bits per heavy atom. The van der Waals surface area contributed by atoms with E-state index in [1.807, 2.05) is 42.3 Å². The molecule has 1 amide bonds. The Morgan fingerprint density at radius 3 is 2.68 bits per heavy atom. The highest BCUT2D eigenvalue weighted by molar-refractivity contribution is 5.76. The lowest BCUT2D eigenvalue weighted by Gasteiger charge is -2.28. The van der Waals surface area contributed by atoms with E-state index in [2.05, 4.69) is 15.1 Å². The highest BCUT2D eigenvalue weighted by Crippen LogP contribution is 2.17. The van der Waals surface area contributed by atoms with Gasteiger partial charge in [0.15, 0.2) is 0 Å². The monoisotopic (exact) mass is 342 g/mol. The minimum atomic E-state index is 0.122. The third kappa shape index (κ3) is 5.13. The number of aromatic nitrogens is 2. The van der Waals surface area contributed by atoms with Gasteiger partial charge in [-0.3, -0.25) is 4.79 Å². The van der Waals surface area contributed by atoms with Crippen molar-refractivity contribution in [3.63, 3.8) is 0 Å². The van der Waals surface area contributed by atoms with E-state index in [1.165, 1.54) is 19.3 Å². The van der Waals surface area contributed by atoms with Crippen LogP contribution >= 0.6 is 0 Å². The van der Waals surface area contributed by atoms with Gasteiger partial charge >= 0.3 is 0 Å². The van der Waals surface area contributed by atoms with Crippen LogP contribution in [0.4, 0.5) is 0 Å². The molecular formula is C19H26N4O2. The van der Waals surface area contributed by atoms with E-state index in [-0.39, 0.29) is 5.91 Å². The number of likely N-dealkylation sites (N-methyl/N-ethyl adjacent to an activating group) is 1. The average Bonchev–Trinajstić information content (AvgIpc) is 3.15. The lowest BCUT2D eigenvalue weighted by atomic mass is 10.1. The summed E-state index contributed by atoms with van der Waals surface area (Å²) in [6, 6.07) is 9.66. The standard InChI is InChI=1S/C19H26N4O2/c1-22(14-15-23-12-6-3-7-13-23)18(24)11-10-17-20-21-19(25-17)16-8-4-2-5-9-16/h2,4-5,8-9H,3,6-7,10-15H2,1H3. The number of carbonyl (C=O) groups excluding carboxylic acids is 1. The molecule has 2 aromatic rings. The molecule has 6 heteroatoms. The van der Waals surface area contributed by atoms with E-state index in [0.717, 1.165) is 31.7 Å².